The summed E-state index contributed by atoms with van der Waals surface area (Å²) in [4.78, 5) is 17.4. The van der Waals surface area contributed by atoms with Gasteiger partial charge < -0.3 is 10.2 Å². The number of piperidine rings is 1. The Morgan fingerprint density at radius 3 is 3.00 bits per heavy atom. The third-order valence-corrected chi connectivity index (χ3v) is 3.86. The molecule has 2 rings (SSSR count). The second kappa shape index (κ2) is 6.55. The summed E-state index contributed by atoms with van der Waals surface area (Å²) in [5, 5.41) is 3.35. The summed E-state index contributed by atoms with van der Waals surface area (Å²) >= 11 is 0. The number of anilines is 1. The highest BCUT2D eigenvalue weighted by molar-refractivity contribution is 5.49. The van der Waals surface area contributed by atoms with Crippen molar-refractivity contribution in [2.24, 2.45) is 0 Å². The predicted molar refractivity (Wildman–Crippen MR) is 77.0 cm³/mol. The topological polar surface area (TPSA) is 45.2 Å². The Hall–Kier alpha value is -1.58. The molecule has 1 amide bonds. The number of hydrogen-bond acceptors (Lipinski definition) is 3. The van der Waals surface area contributed by atoms with Gasteiger partial charge in [0, 0.05) is 18.8 Å². The van der Waals surface area contributed by atoms with Gasteiger partial charge in [-0.3, -0.25) is 4.79 Å². The molecule has 1 aliphatic rings. The van der Waals surface area contributed by atoms with Gasteiger partial charge in [0.05, 0.1) is 6.04 Å². The van der Waals surface area contributed by atoms with Crippen molar-refractivity contribution in [2.75, 3.05) is 11.9 Å². The Labute approximate surface area is 115 Å². The molecule has 1 aliphatic heterocycles. The first-order valence-electron chi connectivity index (χ1n) is 7.18. The number of likely N-dealkylation sites (tertiary alicyclic amines) is 1. The van der Waals surface area contributed by atoms with Crippen LogP contribution in [0, 0.1) is 0 Å². The zero-order valence-corrected chi connectivity index (χ0v) is 11.8. The van der Waals surface area contributed by atoms with Crippen LogP contribution >= 0.6 is 0 Å². The van der Waals surface area contributed by atoms with Gasteiger partial charge in [-0.2, -0.15) is 0 Å². The number of nitrogens with one attached hydrogen (secondary N) is 1. The maximum atomic E-state index is 11.1. The van der Waals surface area contributed by atoms with Crippen molar-refractivity contribution in [2.45, 2.75) is 51.6 Å². The first-order chi connectivity index (χ1) is 9.24. The molecule has 4 heteroatoms. The van der Waals surface area contributed by atoms with Crippen LogP contribution in [0.5, 0.6) is 0 Å². The van der Waals surface area contributed by atoms with E-state index in [1.165, 1.54) is 6.42 Å². The minimum absolute atomic E-state index is 0.205. The molecule has 1 aromatic heterocycles. The predicted octanol–water partition coefficient (Wildman–Crippen LogP) is 2.98. The van der Waals surface area contributed by atoms with Crippen LogP contribution in [0.3, 0.4) is 0 Å². The molecule has 1 saturated heterocycles. The maximum Gasteiger partial charge on any atom is 0.210 e. The summed E-state index contributed by atoms with van der Waals surface area (Å²) in [6.45, 7) is 5.15. The molecule has 0 aliphatic carbocycles. The number of aromatic nitrogens is 1. The van der Waals surface area contributed by atoms with E-state index in [0.29, 0.717) is 6.04 Å². The van der Waals surface area contributed by atoms with Crippen LogP contribution in [0.2, 0.25) is 0 Å². The zero-order valence-electron chi connectivity index (χ0n) is 11.8. The summed E-state index contributed by atoms with van der Waals surface area (Å²) in [5.41, 5.74) is 1.14. The van der Waals surface area contributed by atoms with Crippen molar-refractivity contribution in [3.63, 3.8) is 0 Å². The molecule has 0 unspecified atom stereocenters. The lowest BCUT2D eigenvalue weighted by atomic mass is 9.97. The zero-order chi connectivity index (χ0) is 13.7. The lowest BCUT2D eigenvalue weighted by Crippen LogP contribution is -2.32. The fourth-order valence-electron chi connectivity index (χ4n) is 2.48. The fourth-order valence-corrected chi connectivity index (χ4v) is 2.48. The number of carbonyl (C=O) groups is 1. The number of carbonyl (C=O) groups excluding carboxylic acids is 1. The molecular formula is C15H23N3O. The van der Waals surface area contributed by atoms with Gasteiger partial charge in [0.1, 0.15) is 5.82 Å². The Morgan fingerprint density at radius 1 is 1.53 bits per heavy atom. The first-order valence-corrected chi connectivity index (χ1v) is 7.18. The van der Waals surface area contributed by atoms with Crippen LogP contribution in [0.25, 0.3) is 0 Å². The number of pyridine rings is 1. The summed E-state index contributed by atoms with van der Waals surface area (Å²) in [5.74, 6) is 0.909. The van der Waals surface area contributed by atoms with Crippen LogP contribution < -0.4 is 5.32 Å². The molecule has 4 nitrogen and oxygen atoms in total. The third-order valence-electron chi connectivity index (χ3n) is 3.86. The number of nitrogens with zero attached hydrogens (tertiary/aromatic N) is 2. The van der Waals surface area contributed by atoms with Crippen molar-refractivity contribution in [3.8, 4) is 0 Å². The molecule has 1 aromatic rings. The van der Waals surface area contributed by atoms with E-state index in [9.17, 15) is 4.79 Å². The van der Waals surface area contributed by atoms with Crippen LogP contribution in [-0.2, 0) is 4.79 Å². The van der Waals surface area contributed by atoms with Gasteiger partial charge in [-0.1, -0.05) is 13.0 Å². The van der Waals surface area contributed by atoms with E-state index in [4.69, 9.17) is 0 Å². The van der Waals surface area contributed by atoms with Gasteiger partial charge in [-0.15, -0.1) is 0 Å². The number of rotatable bonds is 5. The minimum atomic E-state index is 0.205. The van der Waals surface area contributed by atoms with Crippen LogP contribution in [0.15, 0.2) is 18.3 Å². The van der Waals surface area contributed by atoms with Gasteiger partial charge in [0.15, 0.2) is 0 Å². The number of amides is 1. The Morgan fingerprint density at radius 2 is 2.37 bits per heavy atom. The van der Waals surface area contributed by atoms with E-state index in [1.54, 1.807) is 0 Å². The van der Waals surface area contributed by atoms with Crippen LogP contribution in [0.4, 0.5) is 5.82 Å². The van der Waals surface area contributed by atoms with Crippen molar-refractivity contribution >= 4 is 12.2 Å². The summed E-state index contributed by atoms with van der Waals surface area (Å²) in [6, 6.07) is 4.74. The van der Waals surface area contributed by atoms with Crippen molar-refractivity contribution < 1.29 is 4.79 Å². The molecule has 0 spiro atoms. The largest absolute Gasteiger partial charge is 0.368 e. The summed E-state index contributed by atoms with van der Waals surface area (Å²) in [7, 11) is 0. The summed E-state index contributed by atoms with van der Waals surface area (Å²) in [6.07, 6.45) is 7.27. The summed E-state index contributed by atoms with van der Waals surface area (Å²) < 4.78 is 0. The average molecular weight is 261 g/mol. The van der Waals surface area contributed by atoms with Gasteiger partial charge in [0.2, 0.25) is 6.41 Å². The number of hydrogen-bond donors (Lipinski definition) is 1. The Bertz CT molecular complexity index is 404. The monoisotopic (exact) mass is 261 g/mol. The second-order valence-corrected chi connectivity index (χ2v) is 5.29. The lowest BCUT2D eigenvalue weighted by Gasteiger charge is -2.32. The highest BCUT2D eigenvalue weighted by atomic mass is 16.1. The molecule has 2 heterocycles. The van der Waals surface area contributed by atoms with Crippen LogP contribution in [-0.4, -0.2) is 28.9 Å². The van der Waals surface area contributed by atoms with Crippen molar-refractivity contribution in [3.05, 3.63) is 23.9 Å². The first kappa shape index (κ1) is 13.8. The molecule has 1 N–H and O–H groups in total. The Kier molecular flexibility index (Phi) is 4.77. The molecule has 0 bridgehead atoms. The molecular weight excluding hydrogens is 238 g/mol. The normalized spacial score (nSPS) is 20.9. The van der Waals surface area contributed by atoms with E-state index in [-0.39, 0.29) is 6.04 Å². The minimum Gasteiger partial charge on any atom is -0.368 e. The van der Waals surface area contributed by atoms with E-state index in [1.807, 2.05) is 17.2 Å². The van der Waals surface area contributed by atoms with Gasteiger partial charge in [0.25, 0.3) is 0 Å². The molecule has 0 aromatic carbocycles. The molecule has 104 valence electrons. The average Bonchev–Trinajstić information content (AvgIpc) is 2.48. The van der Waals surface area contributed by atoms with Gasteiger partial charge in [-0.25, -0.2) is 4.98 Å². The van der Waals surface area contributed by atoms with Gasteiger partial charge in [-0.05, 0) is 44.2 Å². The highest BCUT2D eigenvalue weighted by Gasteiger charge is 2.22. The SMILES string of the molecule is CC[C@H](C)Nc1ccc([C@H]2CCCCN2C=O)cn1. The van der Waals surface area contributed by atoms with E-state index in [0.717, 1.165) is 43.6 Å². The van der Waals surface area contributed by atoms with Crippen molar-refractivity contribution in [1.82, 2.24) is 9.88 Å². The van der Waals surface area contributed by atoms with E-state index >= 15 is 0 Å². The Balaban J connectivity index is 2.06. The molecule has 19 heavy (non-hydrogen) atoms. The quantitative estimate of drug-likeness (QED) is 0.829. The smallest absolute Gasteiger partial charge is 0.210 e. The van der Waals surface area contributed by atoms with Crippen LogP contribution in [0.1, 0.15) is 51.1 Å². The van der Waals surface area contributed by atoms with Gasteiger partial charge >= 0.3 is 0 Å². The molecule has 0 radical (unpaired) electrons. The standard InChI is InChI=1S/C15H23N3O/c1-3-12(2)17-15-8-7-13(10-16-15)14-6-4-5-9-18(14)11-19/h7-8,10-12,14H,3-6,9H2,1-2H3,(H,16,17)/t12-,14+/m0/s1. The molecule has 0 saturated carbocycles. The highest BCUT2D eigenvalue weighted by Crippen LogP contribution is 2.29. The third kappa shape index (κ3) is 3.46. The second-order valence-electron chi connectivity index (χ2n) is 5.29. The maximum absolute atomic E-state index is 11.1. The molecule has 1 fully saturated rings. The van der Waals surface area contributed by atoms with E-state index in [2.05, 4.69) is 30.2 Å². The lowest BCUT2D eigenvalue weighted by molar-refractivity contribution is -0.121. The van der Waals surface area contributed by atoms with Crippen molar-refractivity contribution in [1.29, 1.82) is 0 Å². The molecule has 2 atom stereocenters. The van der Waals surface area contributed by atoms with E-state index < -0.39 is 0 Å². The fraction of sp³-hybridized carbons (Fsp3) is 0.600.